The molecule has 3 rings (SSSR count). The molecule has 1 atom stereocenters. The number of nitrogens with one attached hydrogen (secondary N) is 1. The van der Waals surface area contributed by atoms with E-state index in [2.05, 4.69) is 10.4 Å². The van der Waals surface area contributed by atoms with Crippen molar-refractivity contribution in [3.8, 4) is 0 Å². The van der Waals surface area contributed by atoms with Gasteiger partial charge >= 0.3 is 5.97 Å². The van der Waals surface area contributed by atoms with Gasteiger partial charge in [0.15, 0.2) is 6.10 Å². The van der Waals surface area contributed by atoms with E-state index in [1.165, 1.54) is 5.56 Å². The molecule has 0 bridgehead atoms. The first-order valence-electron chi connectivity index (χ1n) is 10.3. The summed E-state index contributed by atoms with van der Waals surface area (Å²) in [4.78, 5) is 25.4. The zero-order valence-electron chi connectivity index (χ0n) is 18.9. The molecule has 2 aromatic carbocycles. The molecule has 1 aromatic heterocycles. The van der Waals surface area contributed by atoms with Gasteiger partial charge in [0.1, 0.15) is 5.56 Å². The molecule has 0 fully saturated rings. The summed E-state index contributed by atoms with van der Waals surface area (Å²) in [5.74, 6) is -0.920. The van der Waals surface area contributed by atoms with Crippen molar-refractivity contribution in [2.24, 2.45) is 0 Å². The van der Waals surface area contributed by atoms with Crippen molar-refractivity contribution >= 4 is 17.6 Å². The van der Waals surface area contributed by atoms with Crippen molar-refractivity contribution < 1.29 is 14.3 Å². The number of benzene rings is 2. The lowest BCUT2D eigenvalue weighted by molar-refractivity contribution is -0.123. The SMILES string of the molecule is Cc1ccc(Cn2nc(C)c(C(=O)O[C@H](C)C(=O)Nc3ccc(C)cc3C)c2C)cc1. The zero-order chi connectivity index (χ0) is 22.7. The second-order valence-electron chi connectivity index (χ2n) is 8.04. The van der Waals surface area contributed by atoms with Crippen LogP contribution < -0.4 is 5.32 Å². The number of anilines is 1. The summed E-state index contributed by atoms with van der Waals surface area (Å²) in [6.45, 7) is 11.7. The highest BCUT2D eigenvalue weighted by Gasteiger charge is 2.25. The zero-order valence-corrected chi connectivity index (χ0v) is 18.9. The van der Waals surface area contributed by atoms with E-state index in [1.54, 1.807) is 18.5 Å². The van der Waals surface area contributed by atoms with Crippen LogP contribution in [-0.4, -0.2) is 27.8 Å². The van der Waals surface area contributed by atoms with Gasteiger partial charge in [-0.2, -0.15) is 5.10 Å². The van der Waals surface area contributed by atoms with E-state index < -0.39 is 12.1 Å². The topological polar surface area (TPSA) is 73.2 Å². The van der Waals surface area contributed by atoms with E-state index in [-0.39, 0.29) is 5.91 Å². The van der Waals surface area contributed by atoms with Gasteiger partial charge in [0, 0.05) is 5.69 Å². The maximum atomic E-state index is 12.8. The number of aromatic nitrogens is 2. The van der Waals surface area contributed by atoms with Crippen LogP contribution in [0.4, 0.5) is 5.69 Å². The molecular formula is C25H29N3O3. The van der Waals surface area contributed by atoms with Crippen molar-refractivity contribution in [2.75, 3.05) is 5.32 Å². The monoisotopic (exact) mass is 419 g/mol. The number of hydrogen-bond donors (Lipinski definition) is 1. The lowest BCUT2D eigenvalue weighted by Crippen LogP contribution is -2.30. The fourth-order valence-electron chi connectivity index (χ4n) is 3.47. The Kier molecular flexibility index (Phi) is 6.59. The van der Waals surface area contributed by atoms with Crippen LogP contribution in [0.5, 0.6) is 0 Å². The molecule has 1 N–H and O–H groups in total. The van der Waals surface area contributed by atoms with Gasteiger partial charge in [-0.05, 0) is 58.7 Å². The van der Waals surface area contributed by atoms with E-state index in [9.17, 15) is 9.59 Å². The summed E-state index contributed by atoms with van der Waals surface area (Å²) in [5, 5.41) is 7.33. The fraction of sp³-hybridized carbons (Fsp3) is 0.320. The van der Waals surface area contributed by atoms with Crippen molar-refractivity contribution in [1.29, 1.82) is 0 Å². The second kappa shape index (κ2) is 9.16. The van der Waals surface area contributed by atoms with Gasteiger partial charge in [-0.1, -0.05) is 47.5 Å². The highest BCUT2D eigenvalue weighted by Crippen LogP contribution is 2.19. The van der Waals surface area contributed by atoms with Crippen LogP contribution in [0.2, 0.25) is 0 Å². The average molecular weight is 420 g/mol. The number of nitrogens with zero attached hydrogens (tertiary/aromatic N) is 2. The summed E-state index contributed by atoms with van der Waals surface area (Å²) in [5.41, 5.74) is 6.75. The molecule has 0 spiro atoms. The Balaban J connectivity index is 1.70. The van der Waals surface area contributed by atoms with Crippen molar-refractivity contribution in [1.82, 2.24) is 9.78 Å². The maximum absolute atomic E-state index is 12.8. The van der Waals surface area contributed by atoms with E-state index >= 15 is 0 Å². The minimum Gasteiger partial charge on any atom is -0.449 e. The summed E-state index contributed by atoms with van der Waals surface area (Å²) in [6.07, 6.45) is -0.938. The first-order chi connectivity index (χ1) is 14.7. The first-order valence-corrected chi connectivity index (χ1v) is 10.3. The highest BCUT2D eigenvalue weighted by molar-refractivity contribution is 5.98. The number of ether oxygens (including phenoxy) is 1. The van der Waals surface area contributed by atoms with Gasteiger partial charge in [0.2, 0.25) is 0 Å². The van der Waals surface area contributed by atoms with Gasteiger partial charge < -0.3 is 10.1 Å². The fourth-order valence-corrected chi connectivity index (χ4v) is 3.47. The third-order valence-corrected chi connectivity index (χ3v) is 5.33. The van der Waals surface area contributed by atoms with Gasteiger partial charge in [-0.15, -0.1) is 0 Å². The van der Waals surface area contributed by atoms with Crippen LogP contribution in [0.25, 0.3) is 0 Å². The van der Waals surface area contributed by atoms with Crippen LogP contribution in [0.3, 0.4) is 0 Å². The number of aryl methyl sites for hydroxylation is 4. The Bertz CT molecular complexity index is 1110. The average Bonchev–Trinajstić information content (AvgIpc) is 2.98. The first kappa shape index (κ1) is 22.3. The normalized spacial score (nSPS) is 11.8. The van der Waals surface area contributed by atoms with Gasteiger partial charge in [0.25, 0.3) is 5.91 Å². The molecule has 31 heavy (non-hydrogen) atoms. The van der Waals surface area contributed by atoms with Crippen LogP contribution in [0.15, 0.2) is 42.5 Å². The predicted molar refractivity (Wildman–Crippen MR) is 121 cm³/mol. The molecule has 0 aliphatic heterocycles. The van der Waals surface area contributed by atoms with Gasteiger partial charge in [-0.3, -0.25) is 9.48 Å². The second-order valence-corrected chi connectivity index (χ2v) is 8.04. The molecular weight excluding hydrogens is 390 g/mol. The Hall–Kier alpha value is -3.41. The molecule has 3 aromatic rings. The molecule has 0 aliphatic carbocycles. The molecule has 0 unspecified atom stereocenters. The third-order valence-electron chi connectivity index (χ3n) is 5.33. The Labute approximate surface area is 183 Å². The molecule has 0 saturated carbocycles. The minimum atomic E-state index is -0.938. The molecule has 0 radical (unpaired) electrons. The van der Waals surface area contributed by atoms with Crippen LogP contribution in [0, 0.1) is 34.6 Å². The highest BCUT2D eigenvalue weighted by atomic mass is 16.5. The smallest absolute Gasteiger partial charge is 0.342 e. The number of rotatable bonds is 6. The summed E-state index contributed by atoms with van der Waals surface area (Å²) < 4.78 is 7.26. The summed E-state index contributed by atoms with van der Waals surface area (Å²) in [6, 6.07) is 13.9. The molecule has 0 aliphatic rings. The number of hydrogen-bond acceptors (Lipinski definition) is 4. The van der Waals surface area contributed by atoms with Crippen molar-refractivity contribution in [2.45, 2.75) is 54.2 Å². The lowest BCUT2D eigenvalue weighted by Gasteiger charge is -2.15. The molecule has 162 valence electrons. The van der Waals surface area contributed by atoms with E-state index in [0.717, 1.165) is 16.7 Å². The quantitative estimate of drug-likeness (QED) is 0.590. The summed E-state index contributed by atoms with van der Waals surface area (Å²) >= 11 is 0. The number of carbonyl (C=O) groups is 2. The van der Waals surface area contributed by atoms with E-state index in [1.807, 2.05) is 70.2 Å². The molecule has 6 nitrogen and oxygen atoms in total. The van der Waals surface area contributed by atoms with Crippen molar-refractivity contribution in [3.05, 3.63) is 81.7 Å². The third kappa shape index (κ3) is 5.20. The van der Waals surface area contributed by atoms with Crippen molar-refractivity contribution in [3.63, 3.8) is 0 Å². The molecule has 6 heteroatoms. The van der Waals surface area contributed by atoms with Crippen LogP contribution in [0.1, 0.15) is 50.9 Å². The maximum Gasteiger partial charge on any atom is 0.342 e. The van der Waals surface area contributed by atoms with E-state index in [0.29, 0.717) is 29.2 Å². The Morgan fingerprint density at radius 2 is 1.65 bits per heavy atom. The molecule has 1 heterocycles. The largest absolute Gasteiger partial charge is 0.449 e. The lowest BCUT2D eigenvalue weighted by atomic mass is 10.1. The molecule has 1 amide bonds. The molecule has 0 saturated heterocycles. The number of esters is 1. The Morgan fingerprint density at radius 3 is 2.29 bits per heavy atom. The standard InChI is InChI=1S/C25H29N3O3/c1-15-7-10-21(11-8-15)14-28-19(5)23(18(4)27-28)25(30)31-20(6)24(29)26-22-12-9-16(2)13-17(22)3/h7-13,20H,14H2,1-6H3,(H,26,29)/t20-/m1/s1. The number of amides is 1. The number of carbonyl (C=O) groups excluding carboxylic acids is 2. The van der Waals surface area contributed by atoms with Gasteiger partial charge in [0.05, 0.1) is 17.9 Å². The van der Waals surface area contributed by atoms with Gasteiger partial charge in [-0.25, -0.2) is 4.79 Å². The predicted octanol–water partition coefficient (Wildman–Crippen LogP) is 4.66. The minimum absolute atomic E-state index is 0.373. The van der Waals surface area contributed by atoms with E-state index in [4.69, 9.17) is 4.74 Å². The van der Waals surface area contributed by atoms with Crippen LogP contribution >= 0.6 is 0 Å². The van der Waals surface area contributed by atoms with Crippen LogP contribution in [-0.2, 0) is 16.1 Å². The Morgan fingerprint density at radius 1 is 1.00 bits per heavy atom. The summed E-state index contributed by atoms with van der Waals surface area (Å²) in [7, 11) is 0.